The Bertz CT molecular complexity index is 556. The third kappa shape index (κ3) is 4.12. The van der Waals surface area contributed by atoms with Crippen molar-refractivity contribution < 1.29 is 9.59 Å². The molecule has 1 unspecified atom stereocenters. The summed E-state index contributed by atoms with van der Waals surface area (Å²) in [5.74, 6) is 4.57. The van der Waals surface area contributed by atoms with Gasteiger partial charge in [0.25, 0.3) is 5.91 Å². The van der Waals surface area contributed by atoms with Crippen molar-refractivity contribution >= 4 is 11.8 Å². The van der Waals surface area contributed by atoms with E-state index in [4.69, 9.17) is 11.5 Å². The van der Waals surface area contributed by atoms with E-state index in [9.17, 15) is 9.59 Å². The van der Waals surface area contributed by atoms with Crippen LogP contribution < -0.4 is 16.8 Å². The third-order valence-corrected chi connectivity index (χ3v) is 2.52. The summed E-state index contributed by atoms with van der Waals surface area (Å²) in [5.41, 5.74) is 12.3. The van der Waals surface area contributed by atoms with Crippen molar-refractivity contribution in [1.29, 1.82) is 0 Å². The van der Waals surface area contributed by atoms with Crippen LogP contribution in [-0.2, 0) is 4.79 Å². The minimum Gasteiger partial charge on any atom is -0.368 e. The smallest absolute Gasteiger partial charge is 0.253 e. The van der Waals surface area contributed by atoms with Crippen molar-refractivity contribution in [2.24, 2.45) is 11.5 Å². The van der Waals surface area contributed by atoms with Gasteiger partial charge in [-0.2, -0.15) is 0 Å². The zero-order valence-electron chi connectivity index (χ0n) is 11.0. The van der Waals surface area contributed by atoms with Crippen molar-refractivity contribution in [3.63, 3.8) is 0 Å². The van der Waals surface area contributed by atoms with Crippen LogP contribution in [-0.4, -0.2) is 24.4 Å². The summed E-state index contributed by atoms with van der Waals surface area (Å²) in [6.45, 7) is 3.61. The number of benzene rings is 1. The van der Waals surface area contributed by atoms with Gasteiger partial charge in [0.1, 0.15) is 6.04 Å². The molecule has 5 N–H and O–H groups in total. The highest BCUT2D eigenvalue weighted by Gasteiger charge is 2.16. The molecule has 2 amide bonds. The Morgan fingerprint density at radius 3 is 2.68 bits per heavy atom. The van der Waals surface area contributed by atoms with Crippen molar-refractivity contribution in [2.75, 3.05) is 6.54 Å². The lowest BCUT2D eigenvalue weighted by molar-refractivity contribution is -0.119. The number of primary amides is 1. The van der Waals surface area contributed by atoms with E-state index in [1.54, 1.807) is 12.1 Å². The number of rotatable bonds is 3. The number of hydrogen-bond acceptors (Lipinski definition) is 3. The fourth-order valence-electron chi connectivity index (χ4n) is 1.45. The molecule has 1 aromatic rings. The highest BCUT2D eigenvalue weighted by Crippen LogP contribution is 2.11. The number of carbonyl (C=O) groups is 2. The van der Waals surface area contributed by atoms with Gasteiger partial charge < -0.3 is 16.8 Å². The highest BCUT2D eigenvalue weighted by atomic mass is 16.2. The Labute approximate surface area is 112 Å². The number of aryl methyl sites for hydroxylation is 1. The standard InChI is InChI=1S/C14H17N3O2/c1-9-5-6-11(4-3-7-15)12(8-9)14(19)17-10(2)13(16)18/h5-6,8,10H,7,15H2,1-2H3,(H2,16,18)(H,17,19). The van der Waals surface area contributed by atoms with Crippen LogP contribution in [0.4, 0.5) is 0 Å². The van der Waals surface area contributed by atoms with E-state index in [-0.39, 0.29) is 12.5 Å². The summed E-state index contributed by atoms with van der Waals surface area (Å²) in [5, 5.41) is 2.53. The normalized spacial score (nSPS) is 11.1. The van der Waals surface area contributed by atoms with Gasteiger partial charge in [0.2, 0.25) is 5.91 Å². The van der Waals surface area contributed by atoms with E-state index in [1.165, 1.54) is 6.92 Å². The van der Waals surface area contributed by atoms with Gasteiger partial charge in [0, 0.05) is 5.56 Å². The summed E-state index contributed by atoms with van der Waals surface area (Å²) in [7, 11) is 0. The summed E-state index contributed by atoms with van der Waals surface area (Å²) in [4.78, 5) is 23.0. The zero-order chi connectivity index (χ0) is 14.4. The molecule has 100 valence electrons. The minimum atomic E-state index is -0.733. The molecule has 0 aliphatic heterocycles. The number of carbonyl (C=O) groups excluding carboxylic acids is 2. The number of amides is 2. The molecule has 0 aliphatic rings. The predicted octanol–water partition coefficient (Wildman–Crippen LogP) is -0.0912. The van der Waals surface area contributed by atoms with Crippen molar-refractivity contribution in [1.82, 2.24) is 5.32 Å². The molecular weight excluding hydrogens is 242 g/mol. The summed E-state index contributed by atoms with van der Waals surface area (Å²) in [6, 6.07) is 4.59. The second-order valence-electron chi connectivity index (χ2n) is 4.15. The van der Waals surface area contributed by atoms with Crippen molar-refractivity contribution in [3.05, 3.63) is 34.9 Å². The Morgan fingerprint density at radius 2 is 2.11 bits per heavy atom. The van der Waals surface area contributed by atoms with Gasteiger partial charge in [-0.05, 0) is 26.0 Å². The predicted molar refractivity (Wildman–Crippen MR) is 73.2 cm³/mol. The van der Waals surface area contributed by atoms with E-state index in [0.717, 1.165) is 5.56 Å². The first kappa shape index (κ1) is 14.7. The average Bonchev–Trinajstić information content (AvgIpc) is 2.36. The molecule has 5 nitrogen and oxygen atoms in total. The van der Waals surface area contributed by atoms with E-state index >= 15 is 0 Å². The zero-order valence-corrected chi connectivity index (χ0v) is 11.0. The van der Waals surface area contributed by atoms with Crippen LogP contribution >= 0.6 is 0 Å². The Balaban J connectivity index is 3.07. The second kappa shape index (κ2) is 6.57. The van der Waals surface area contributed by atoms with Gasteiger partial charge in [0.15, 0.2) is 0 Å². The third-order valence-electron chi connectivity index (χ3n) is 2.52. The fourth-order valence-corrected chi connectivity index (χ4v) is 1.45. The largest absolute Gasteiger partial charge is 0.368 e. The summed E-state index contributed by atoms with van der Waals surface area (Å²) >= 11 is 0. The van der Waals surface area contributed by atoms with Gasteiger partial charge in [-0.1, -0.05) is 23.5 Å². The lowest BCUT2D eigenvalue weighted by atomic mass is 10.0. The van der Waals surface area contributed by atoms with Crippen molar-refractivity contribution in [3.8, 4) is 11.8 Å². The molecule has 1 atom stereocenters. The number of nitrogens with two attached hydrogens (primary N) is 2. The molecule has 0 radical (unpaired) electrons. The lowest BCUT2D eigenvalue weighted by Crippen LogP contribution is -2.42. The molecule has 0 aliphatic carbocycles. The molecule has 5 heteroatoms. The maximum atomic E-state index is 12.1. The first-order valence-corrected chi connectivity index (χ1v) is 5.85. The van der Waals surface area contributed by atoms with Crippen LogP contribution in [0, 0.1) is 18.8 Å². The van der Waals surface area contributed by atoms with Crippen LogP contribution in [0.2, 0.25) is 0 Å². The monoisotopic (exact) mass is 259 g/mol. The minimum absolute atomic E-state index is 0.215. The van der Waals surface area contributed by atoms with Gasteiger partial charge in [-0.15, -0.1) is 0 Å². The molecule has 1 aromatic carbocycles. The molecule has 0 spiro atoms. The van der Waals surface area contributed by atoms with Crippen LogP contribution in [0.15, 0.2) is 18.2 Å². The van der Waals surface area contributed by atoms with Gasteiger partial charge >= 0.3 is 0 Å². The van der Waals surface area contributed by atoms with Gasteiger partial charge in [0.05, 0.1) is 12.1 Å². The SMILES string of the molecule is Cc1ccc(C#CCN)c(C(=O)NC(C)C(N)=O)c1. The average molecular weight is 259 g/mol. The molecule has 0 bridgehead atoms. The Kier molecular flexibility index (Phi) is 5.10. The fraction of sp³-hybridized carbons (Fsp3) is 0.286. The highest BCUT2D eigenvalue weighted by molar-refractivity contribution is 5.99. The lowest BCUT2D eigenvalue weighted by Gasteiger charge is -2.11. The maximum Gasteiger partial charge on any atom is 0.253 e. The second-order valence-corrected chi connectivity index (χ2v) is 4.15. The van der Waals surface area contributed by atoms with Crippen LogP contribution in [0.5, 0.6) is 0 Å². The molecule has 1 rings (SSSR count). The quantitative estimate of drug-likeness (QED) is 0.661. The first-order valence-electron chi connectivity index (χ1n) is 5.85. The summed E-state index contributed by atoms with van der Waals surface area (Å²) in [6.07, 6.45) is 0. The van der Waals surface area contributed by atoms with Crippen LogP contribution in [0.3, 0.4) is 0 Å². The van der Waals surface area contributed by atoms with E-state index in [0.29, 0.717) is 11.1 Å². The van der Waals surface area contributed by atoms with E-state index in [1.807, 2.05) is 13.0 Å². The Morgan fingerprint density at radius 1 is 1.42 bits per heavy atom. The molecule has 0 saturated heterocycles. The molecule has 0 heterocycles. The van der Waals surface area contributed by atoms with Gasteiger partial charge in [-0.3, -0.25) is 9.59 Å². The van der Waals surface area contributed by atoms with E-state index < -0.39 is 11.9 Å². The summed E-state index contributed by atoms with van der Waals surface area (Å²) < 4.78 is 0. The first-order chi connectivity index (χ1) is 8.95. The molecule has 0 fully saturated rings. The van der Waals surface area contributed by atoms with Crippen LogP contribution in [0.1, 0.15) is 28.4 Å². The van der Waals surface area contributed by atoms with Gasteiger partial charge in [-0.25, -0.2) is 0 Å². The maximum absolute atomic E-state index is 12.1. The molecule has 19 heavy (non-hydrogen) atoms. The number of hydrogen-bond donors (Lipinski definition) is 3. The van der Waals surface area contributed by atoms with Crippen molar-refractivity contribution in [2.45, 2.75) is 19.9 Å². The van der Waals surface area contributed by atoms with Crippen LogP contribution in [0.25, 0.3) is 0 Å². The Hall–Kier alpha value is -2.32. The molecule has 0 saturated carbocycles. The molecular formula is C14H17N3O2. The van der Waals surface area contributed by atoms with E-state index in [2.05, 4.69) is 17.2 Å². The number of nitrogens with one attached hydrogen (secondary N) is 1. The molecule has 0 aromatic heterocycles. The topological polar surface area (TPSA) is 98.2 Å².